The topological polar surface area (TPSA) is 58.7 Å². The number of para-hydroxylation sites is 1. The second kappa shape index (κ2) is 7.65. The van der Waals surface area contributed by atoms with E-state index in [0.29, 0.717) is 18.4 Å². The van der Waals surface area contributed by atoms with Crippen LogP contribution in [0.25, 0.3) is 10.9 Å². The van der Waals surface area contributed by atoms with Gasteiger partial charge >= 0.3 is 0 Å². The number of fused-ring (bicyclic) bond motifs is 1. The average molecular weight is 299 g/mol. The predicted octanol–water partition coefficient (Wildman–Crippen LogP) is 3.37. The van der Waals surface area contributed by atoms with Gasteiger partial charge in [-0.15, -0.1) is 6.58 Å². The summed E-state index contributed by atoms with van der Waals surface area (Å²) in [6.07, 6.45) is 4.10. The van der Waals surface area contributed by atoms with Gasteiger partial charge in [-0.3, -0.25) is 9.36 Å². The molecular weight excluding hydrogens is 282 g/mol. The van der Waals surface area contributed by atoms with E-state index < -0.39 is 0 Å². The van der Waals surface area contributed by atoms with Crippen LogP contribution >= 0.6 is 11.8 Å². The van der Waals surface area contributed by atoms with Gasteiger partial charge in [0.1, 0.15) is 0 Å². The number of hydrogen-bond acceptors (Lipinski definition) is 4. The van der Waals surface area contributed by atoms with Crippen LogP contribution < -0.4 is 5.56 Å². The molecule has 0 fully saturated rings. The molecule has 1 aromatic heterocycles. The van der Waals surface area contributed by atoms with Crippen LogP contribution in [0.5, 0.6) is 0 Å². The molecule has 2 rings (SSSR count). The quantitative estimate of drug-likeness (QED) is 0.340. The molecule has 2 aromatic rings. The Balaban J connectivity index is 2.28. The van der Waals surface area contributed by atoms with Crippen LogP contribution in [-0.4, -0.2) is 15.3 Å². The van der Waals surface area contributed by atoms with Crippen molar-refractivity contribution >= 4 is 22.7 Å². The van der Waals surface area contributed by atoms with Gasteiger partial charge in [-0.2, -0.15) is 5.26 Å². The smallest absolute Gasteiger partial charge is 0.262 e. The van der Waals surface area contributed by atoms with Gasteiger partial charge < -0.3 is 0 Å². The molecule has 0 spiro atoms. The Labute approximate surface area is 128 Å². The number of hydrogen-bond donors (Lipinski definition) is 0. The summed E-state index contributed by atoms with van der Waals surface area (Å²) in [4.78, 5) is 17.1. The second-order valence-electron chi connectivity index (χ2n) is 4.58. The Bertz CT molecular complexity index is 730. The van der Waals surface area contributed by atoms with Crippen LogP contribution in [0.15, 0.2) is 46.9 Å². The van der Waals surface area contributed by atoms with Crippen molar-refractivity contribution in [3.63, 3.8) is 0 Å². The highest BCUT2D eigenvalue weighted by molar-refractivity contribution is 7.99. The highest BCUT2D eigenvalue weighted by Crippen LogP contribution is 2.19. The molecule has 0 aliphatic carbocycles. The molecule has 0 atom stereocenters. The van der Waals surface area contributed by atoms with Crippen molar-refractivity contribution in [2.24, 2.45) is 0 Å². The molecule has 21 heavy (non-hydrogen) atoms. The maximum Gasteiger partial charge on any atom is 0.262 e. The molecule has 0 bridgehead atoms. The van der Waals surface area contributed by atoms with Crippen LogP contribution in [-0.2, 0) is 6.54 Å². The first kappa shape index (κ1) is 15.3. The number of benzene rings is 1. The molecule has 0 saturated heterocycles. The molecule has 0 unspecified atom stereocenters. The summed E-state index contributed by atoms with van der Waals surface area (Å²) in [5.41, 5.74) is 0.697. The zero-order chi connectivity index (χ0) is 15.1. The molecule has 0 saturated carbocycles. The Morgan fingerprint density at radius 1 is 1.38 bits per heavy atom. The Hall–Kier alpha value is -2.06. The summed E-state index contributed by atoms with van der Waals surface area (Å²) in [6.45, 7) is 4.16. The van der Waals surface area contributed by atoms with E-state index in [1.165, 1.54) is 0 Å². The summed E-state index contributed by atoms with van der Waals surface area (Å²) in [7, 11) is 0. The lowest BCUT2D eigenvalue weighted by Gasteiger charge is -2.11. The van der Waals surface area contributed by atoms with E-state index in [-0.39, 0.29) is 5.56 Å². The van der Waals surface area contributed by atoms with Gasteiger partial charge in [-0.25, -0.2) is 4.98 Å². The normalized spacial score (nSPS) is 10.4. The summed E-state index contributed by atoms with van der Waals surface area (Å²) in [5.74, 6) is 0.851. The van der Waals surface area contributed by atoms with Gasteiger partial charge in [0.15, 0.2) is 5.16 Å². The number of nitriles is 1. The van der Waals surface area contributed by atoms with Crippen molar-refractivity contribution < 1.29 is 0 Å². The predicted molar refractivity (Wildman–Crippen MR) is 86.4 cm³/mol. The average Bonchev–Trinajstić information content (AvgIpc) is 2.51. The van der Waals surface area contributed by atoms with Gasteiger partial charge in [0.2, 0.25) is 0 Å². The number of unbranched alkanes of at least 4 members (excludes halogenated alkanes) is 2. The third-order valence-electron chi connectivity index (χ3n) is 3.05. The van der Waals surface area contributed by atoms with Crippen molar-refractivity contribution in [1.82, 2.24) is 9.55 Å². The molecule has 108 valence electrons. The van der Waals surface area contributed by atoms with Crippen molar-refractivity contribution in [1.29, 1.82) is 5.26 Å². The van der Waals surface area contributed by atoms with Crippen LogP contribution in [0.3, 0.4) is 0 Å². The lowest BCUT2D eigenvalue weighted by molar-refractivity contribution is 0.670. The van der Waals surface area contributed by atoms with E-state index >= 15 is 0 Å². The minimum atomic E-state index is -0.0278. The molecule has 4 nitrogen and oxygen atoms in total. The minimum absolute atomic E-state index is 0.0278. The summed E-state index contributed by atoms with van der Waals surface area (Å²) in [6, 6.07) is 9.52. The van der Waals surface area contributed by atoms with Gasteiger partial charge in [-0.1, -0.05) is 30.0 Å². The maximum absolute atomic E-state index is 12.5. The van der Waals surface area contributed by atoms with Crippen LogP contribution in [0.1, 0.15) is 19.3 Å². The number of nitrogens with zero attached hydrogens (tertiary/aromatic N) is 3. The van der Waals surface area contributed by atoms with Gasteiger partial charge in [-0.05, 0) is 25.0 Å². The zero-order valence-corrected chi connectivity index (χ0v) is 12.6. The molecule has 0 radical (unpaired) electrons. The third-order valence-corrected chi connectivity index (χ3v) is 4.12. The first-order chi connectivity index (χ1) is 10.3. The Morgan fingerprint density at radius 3 is 2.95 bits per heavy atom. The zero-order valence-electron chi connectivity index (χ0n) is 11.8. The molecule has 0 aliphatic rings. The molecular formula is C16H17N3OS. The lowest BCUT2D eigenvalue weighted by Crippen LogP contribution is -2.22. The van der Waals surface area contributed by atoms with Crippen molar-refractivity contribution in [2.75, 3.05) is 5.75 Å². The maximum atomic E-state index is 12.5. The minimum Gasteiger partial charge on any atom is -0.283 e. The van der Waals surface area contributed by atoms with Crippen molar-refractivity contribution in [3.8, 4) is 6.07 Å². The van der Waals surface area contributed by atoms with E-state index in [9.17, 15) is 4.79 Å². The van der Waals surface area contributed by atoms with Crippen LogP contribution in [0.2, 0.25) is 0 Å². The lowest BCUT2D eigenvalue weighted by atomic mass is 10.2. The summed E-state index contributed by atoms with van der Waals surface area (Å²) < 4.78 is 1.66. The Kier molecular flexibility index (Phi) is 5.59. The van der Waals surface area contributed by atoms with E-state index in [4.69, 9.17) is 5.26 Å². The fraction of sp³-hybridized carbons (Fsp3) is 0.312. The van der Waals surface area contributed by atoms with E-state index in [1.54, 1.807) is 28.5 Å². The van der Waals surface area contributed by atoms with Gasteiger partial charge in [0, 0.05) is 18.7 Å². The number of rotatable bonds is 7. The first-order valence-corrected chi connectivity index (χ1v) is 7.86. The molecule has 0 amide bonds. The van der Waals surface area contributed by atoms with Crippen molar-refractivity contribution in [2.45, 2.75) is 31.0 Å². The number of thioether (sulfide) groups is 1. The molecule has 5 heteroatoms. The molecule has 0 N–H and O–H groups in total. The van der Waals surface area contributed by atoms with Crippen LogP contribution in [0.4, 0.5) is 0 Å². The van der Waals surface area contributed by atoms with Crippen molar-refractivity contribution in [3.05, 3.63) is 47.3 Å². The molecule has 1 heterocycles. The van der Waals surface area contributed by atoms with E-state index in [1.807, 2.05) is 18.2 Å². The SMILES string of the molecule is C=CCn1c(SCCCCC#N)nc2ccccc2c1=O. The Morgan fingerprint density at radius 2 is 2.19 bits per heavy atom. The van der Waals surface area contributed by atoms with E-state index in [0.717, 1.165) is 29.3 Å². The highest BCUT2D eigenvalue weighted by atomic mass is 32.2. The standard InChI is InChI=1S/C16H17N3OS/c1-2-11-19-15(20)13-8-4-5-9-14(13)18-16(19)21-12-7-3-6-10-17/h2,4-5,8-9H,1,3,6-7,11-12H2. The summed E-state index contributed by atoms with van der Waals surface area (Å²) >= 11 is 1.56. The highest BCUT2D eigenvalue weighted by Gasteiger charge is 2.10. The monoisotopic (exact) mass is 299 g/mol. The first-order valence-electron chi connectivity index (χ1n) is 6.88. The second-order valence-corrected chi connectivity index (χ2v) is 5.64. The molecule has 0 aliphatic heterocycles. The fourth-order valence-corrected chi connectivity index (χ4v) is 3.02. The third kappa shape index (κ3) is 3.73. The van der Waals surface area contributed by atoms with Gasteiger partial charge in [0.25, 0.3) is 5.56 Å². The van der Waals surface area contributed by atoms with E-state index in [2.05, 4.69) is 17.6 Å². The number of allylic oxidation sites excluding steroid dienone is 1. The van der Waals surface area contributed by atoms with Crippen LogP contribution in [0, 0.1) is 11.3 Å². The fourth-order valence-electron chi connectivity index (χ4n) is 2.02. The van der Waals surface area contributed by atoms with Gasteiger partial charge in [0.05, 0.1) is 17.0 Å². The largest absolute Gasteiger partial charge is 0.283 e. The molecule has 1 aromatic carbocycles. The summed E-state index contributed by atoms with van der Waals surface area (Å²) in [5, 5.41) is 9.88. The number of aromatic nitrogens is 2.